The normalized spacial score (nSPS) is 11.0. The molecule has 8 heteroatoms. The summed E-state index contributed by atoms with van der Waals surface area (Å²) in [6, 6.07) is 0. The second-order valence-electron chi connectivity index (χ2n) is 4.77. The molecule has 1 aromatic heterocycles. The lowest BCUT2D eigenvalue weighted by molar-refractivity contribution is 0.143. The number of hydrogen-bond donors (Lipinski definition) is 2. The van der Waals surface area contributed by atoms with Gasteiger partial charge in [-0.1, -0.05) is 0 Å². The molecule has 1 heterocycles. The maximum atomic E-state index is 5.31. The van der Waals surface area contributed by atoms with Gasteiger partial charge in [-0.2, -0.15) is 0 Å². The minimum Gasteiger partial charge on any atom is -0.382 e. The van der Waals surface area contributed by atoms with E-state index in [9.17, 15) is 0 Å². The van der Waals surface area contributed by atoms with Gasteiger partial charge in [-0.05, 0) is 19.8 Å². The fourth-order valence-corrected chi connectivity index (χ4v) is 2.42. The Balaban J connectivity index is 0.00000441. The third-order valence-electron chi connectivity index (χ3n) is 2.79. The van der Waals surface area contributed by atoms with Crippen LogP contribution in [0.4, 0.5) is 5.13 Å². The second kappa shape index (κ2) is 12.9. The highest BCUT2D eigenvalue weighted by Gasteiger charge is 2.04. The molecule has 6 nitrogen and oxygen atoms in total. The summed E-state index contributed by atoms with van der Waals surface area (Å²) in [4.78, 5) is 10.7. The molecule has 0 aromatic carbocycles. The smallest absolute Gasteiger partial charge is 0.191 e. The van der Waals surface area contributed by atoms with Crippen LogP contribution in [-0.4, -0.2) is 51.8 Å². The molecule has 0 bridgehead atoms. The van der Waals surface area contributed by atoms with E-state index in [1.165, 1.54) is 0 Å². The molecule has 0 aliphatic heterocycles. The molecule has 0 amide bonds. The molecule has 0 unspecified atom stereocenters. The van der Waals surface area contributed by atoms with E-state index in [1.54, 1.807) is 18.4 Å². The van der Waals surface area contributed by atoms with E-state index in [2.05, 4.69) is 26.0 Å². The molecule has 0 aliphatic rings. The average molecular weight is 441 g/mol. The monoisotopic (exact) mass is 441 g/mol. The molecule has 0 aliphatic carbocycles. The summed E-state index contributed by atoms with van der Waals surface area (Å²) >= 11 is 1.65. The SMILES string of the molecule is CCOCCCCNC(=NC)NCc1csc(N(C)C)n1.I. The van der Waals surface area contributed by atoms with Gasteiger partial charge in [0.15, 0.2) is 11.1 Å². The van der Waals surface area contributed by atoms with Crippen LogP contribution < -0.4 is 15.5 Å². The van der Waals surface area contributed by atoms with Crippen molar-refractivity contribution >= 4 is 46.4 Å². The van der Waals surface area contributed by atoms with Gasteiger partial charge in [0.2, 0.25) is 0 Å². The third-order valence-corrected chi connectivity index (χ3v) is 3.85. The van der Waals surface area contributed by atoms with Crippen molar-refractivity contribution in [2.75, 3.05) is 45.8 Å². The number of halogens is 1. The zero-order valence-electron chi connectivity index (χ0n) is 13.9. The van der Waals surface area contributed by atoms with Gasteiger partial charge >= 0.3 is 0 Å². The molecule has 0 radical (unpaired) electrons. The lowest BCUT2D eigenvalue weighted by Gasteiger charge is -2.11. The maximum absolute atomic E-state index is 5.31. The Labute approximate surface area is 154 Å². The first-order valence-electron chi connectivity index (χ1n) is 7.31. The minimum absolute atomic E-state index is 0. The van der Waals surface area contributed by atoms with Crippen molar-refractivity contribution < 1.29 is 4.74 Å². The molecular formula is C14H28IN5OS. The van der Waals surface area contributed by atoms with E-state index in [-0.39, 0.29) is 24.0 Å². The zero-order chi connectivity index (χ0) is 15.5. The number of unbranched alkanes of at least 4 members (excludes halogenated alkanes) is 1. The van der Waals surface area contributed by atoms with Crippen LogP contribution >= 0.6 is 35.3 Å². The molecular weight excluding hydrogens is 413 g/mol. The van der Waals surface area contributed by atoms with Gasteiger partial charge in [-0.3, -0.25) is 4.99 Å². The zero-order valence-corrected chi connectivity index (χ0v) is 17.0. The minimum atomic E-state index is 0. The number of thiazole rings is 1. The van der Waals surface area contributed by atoms with Gasteiger partial charge in [0, 0.05) is 46.3 Å². The molecule has 128 valence electrons. The van der Waals surface area contributed by atoms with Crippen LogP contribution in [-0.2, 0) is 11.3 Å². The molecule has 0 saturated carbocycles. The van der Waals surface area contributed by atoms with Crippen LogP contribution in [0.5, 0.6) is 0 Å². The Kier molecular flexibility index (Phi) is 12.5. The lowest BCUT2D eigenvalue weighted by Crippen LogP contribution is -2.37. The van der Waals surface area contributed by atoms with Gasteiger partial charge in [-0.15, -0.1) is 35.3 Å². The summed E-state index contributed by atoms with van der Waals surface area (Å²) in [6.45, 7) is 5.22. The van der Waals surface area contributed by atoms with Crippen molar-refractivity contribution in [1.82, 2.24) is 15.6 Å². The summed E-state index contributed by atoms with van der Waals surface area (Å²) in [5, 5.41) is 9.65. The van der Waals surface area contributed by atoms with E-state index in [1.807, 2.05) is 25.9 Å². The molecule has 0 atom stereocenters. The standard InChI is InChI=1S/C14H27N5OS.HI/c1-5-20-9-7-6-8-16-13(15-2)17-10-12-11-21-14(18-12)19(3)4;/h11H,5-10H2,1-4H3,(H2,15,16,17);1H. The molecule has 0 saturated heterocycles. The molecule has 22 heavy (non-hydrogen) atoms. The fourth-order valence-electron chi connectivity index (χ4n) is 1.66. The number of ether oxygens (including phenoxy) is 1. The molecule has 0 fully saturated rings. The third kappa shape index (κ3) is 8.74. The number of nitrogens with one attached hydrogen (secondary N) is 2. The highest BCUT2D eigenvalue weighted by molar-refractivity contribution is 14.0. The summed E-state index contributed by atoms with van der Waals surface area (Å²) < 4.78 is 5.31. The fraction of sp³-hybridized carbons (Fsp3) is 0.714. The Bertz CT molecular complexity index is 425. The highest BCUT2D eigenvalue weighted by atomic mass is 127. The number of aliphatic imine (C=N–C) groups is 1. The first kappa shape index (κ1) is 21.4. The van der Waals surface area contributed by atoms with Crippen LogP contribution in [0.2, 0.25) is 0 Å². The summed E-state index contributed by atoms with van der Waals surface area (Å²) in [5.74, 6) is 0.811. The van der Waals surface area contributed by atoms with Crippen LogP contribution in [0.15, 0.2) is 10.4 Å². The van der Waals surface area contributed by atoms with Gasteiger partial charge < -0.3 is 20.3 Å². The van der Waals surface area contributed by atoms with Crippen molar-refractivity contribution in [3.63, 3.8) is 0 Å². The van der Waals surface area contributed by atoms with Crippen molar-refractivity contribution in [3.8, 4) is 0 Å². The lowest BCUT2D eigenvalue weighted by atomic mass is 10.3. The number of rotatable bonds is 9. The Morgan fingerprint density at radius 1 is 1.36 bits per heavy atom. The van der Waals surface area contributed by atoms with Crippen LogP contribution in [0.3, 0.4) is 0 Å². The average Bonchev–Trinajstić information content (AvgIpc) is 2.95. The van der Waals surface area contributed by atoms with Gasteiger partial charge in [-0.25, -0.2) is 4.98 Å². The molecule has 1 aromatic rings. The van der Waals surface area contributed by atoms with Crippen LogP contribution in [0.25, 0.3) is 0 Å². The summed E-state index contributed by atoms with van der Waals surface area (Å²) in [5.41, 5.74) is 1.03. The van der Waals surface area contributed by atoms with Crippen LogP contribution in [0.1, 0.15) is 25.5 Å². The summed E-state index contributed by atoms with van der Waals surface area (Å²) in [7, 11) is 5.78. The number of nitrogens with zero attached hydrogens (tertiary/aromatic N) is 3. The maximum Gasteiger partial charge on any atom is 0.191 e. The number of guanidine groups is 1. The van der Waals surface area contributed by atoms with Crippen molar-refractivity contribution in [2.45, 2.75) is 26.3 Å². The number of aromatic nitrogens is 1. The van der Waals surface area contributed by atoms with E-state index >= 15 is 0 Å². The van der Waals surface area contributed by atoms with Crippen LogP contribution in [0, 0.1) is 0 Å². The van der Waals surface area contributed by atoms with Crippen molar-refractivity contribution in [1.29, 1.82) is 0 Å². The van der Waals surface area contributed by atoms with E-state index in [0.717, 1.165) is 49.4 Å². The topological polar surface area (TPSA) is 61.8 Å². The Hall–Kier alpha value is -0.610. The van der Waals surface area contributed by atoms with E-state index in [0.29, 0.717) is 6.54 Å². The first-order valence-corrected chi connectivity index (χ1v) is 8.19. The predicted octanol–water partition coefficient (Wildman–Crippen LogP) is 2.31. The highest BCUT2D eigenvalue weighted by Crippen LogP contribution is 2.17. The second-order valence-corrected chi connectivity index (χ2v) is 5.61. The van der Waals surface area contributed by atoms with Crippen molar-refractivity contribution in [2.24, 2.45) is 4.99 Å². The number of hydrogen-bond acceptors (Lipinski definition) is 5. The molecule has 0 spiro atoms. The van der Waals surface area contributed by atoms with E-state index < -0.39 is 0 Å². The van der Waals surface area contributed by atoms with Crippen molar-refractivity contribution in [3.05, 3.63) is 11.1 Å². The molecule has 2 N–H and O–H groups in total. The largest absolute Gasteiger partial charge is 0.382 e. The Morgan fingerprint density at radius 2 is 2.14 bits per heavy atom. The quantitative estimate of drug-likeness (QED) is 0.267. The molecule has 1 rings (SSSR count). The van der Waals surface area contributed by atoms with Gasteiger partial charge in [0.25, 0.3) is 0 Å². The summed E-state index contributed by atoms with van der Waals surface area (Å²) in [6.07, 6.45) is 2.14. The van der Waals surface area contributed by atoms with Gasteiger partial charge in [0.1, 0.15) is 0 Å². The number of anilines is 1. The Morgan fingerprint density at radius 3 is 2.73 bits per heavy atom. The van der Waals surface area contributed by atoms with Gasteiger partial charge in [0.05, 0.1) is 12.2 Å². The van der Waals surface area contributed by atoms with E-state index in [4.69, 9.17) is 4.74 Å². The predicted molar refractivity (Wildman–Crippen MR) is 106 cm³/mol. The first-order chi connectivity index (χ1) is 10.2.